The van der Waals surface area contributed by atoms with Crippen LogP contribution in [0, 0.1) is 5.41 Å². The van der Waals surface area contributed by atoms with Crippen molar-refractivity contribution in [3.63, 3.8) is 0 Å². The number of rotatable bonds is 4. The monoisotopic (exact) mass is 237 g/mol. The highest BCUT2D eigenvalue weighted by molar-refractivity contribution is 7.85. The fourth-order valence-electron chi connectivity index (χ4n) is 0.596. The summed E-state index contributed by atoms with van der Waals surface area (Å²) in [4.78, 5) is 9.47. The van der Waals surface area contributed by atoms with E-state index in [4.69, 9.17) is 4.55 Å². The zero-order valence-corrected chi connectivity index (χ0v) is 10.2. The number of amides is 1. The fourth-order valence-corrected chi connectivity index (χ4v) is 1.79. The Kier molecular flexibility index (Phi) is 7.25. The smallest absolute Gasteiger partial charge is 0.265 e. The minimum atomic E-state index is -3.79. The van der Waals surface area contributed by atoms with Crippen molar-refractivity contribution in [2.75, 3.05) is 5.75 Å². The first-order chi connectivity index (χ1) is 6.54. The molecule has 5 nitrogen and oxygen atoms in total. The molecule has 15 heavy (non-hydrogen) atoms. The van der Waals surface area contributed by atoms with Crippen molar-refractivity contribution in [1.29, 1.82) is 0 Å². The molecule has 1 amide bonds. The van der Waals surface area contributed by atoms with Crippen LogP contribution in [0.2, 0.25) is 0 Å². The minimum Gasteiger partial charge on any atom is -0.366 e. The summed E-state index contributed by atoms with van der Waals surface area (Å²) in [7, 11) is -3.79. The van der Waals surface area contributed by atoms with Crippen molar-refractivity contribution in [2.45, 2.75) is 27.2 Å². The van der Waals surface area contributed by atoms with E-state index in [0.29, 0.717) is 0 Å². The molecule has 6 heteroatoms. The molecule has 3 N–H and O–H groups in total. The third-order valence-corrected chi connectivity index (χ3v) is 2.88. The molecule has 0 saturated carbocycles. The van der Waals surface area contributed by atoms with Gasteiger partial charge in [0, 0.05) is 0 Å². The molecule has 0 aromatic heterocycles. The Labute approximate surface area is 91.1 Å². The van der Waals surface area contributed by atoms with E-state index < -0.39 is 16.0 Å². The first-order valence-electron chi connectivity index (χ1n) is 4.41. The molecule has 0 atom stereocenters. The highest BCUT2D eigenvalue weighted by Gasteiger charge is 2.22. The Morgan fingerprint density at radius 3 is 1.93 bits per heavy atom. The lowest BCUT2D eigenvalue weighted by Crippen LogP contribution is -2.22. The molecular formula is C9H19NO4S. The van der Waals surface area contributed by atoms with E-state index in [9.17, 15) is 13.2 Å². The lowest BCUT2D eigenvalue weighted by molar-refractivity contribution is -0.113. The molecule has 0 aliphatic heterocycles. The molecule has 0 aromatic rings. The average Bonchev–Trinajstić information content (AvgIpc) is 2.01. The van der Waals surface area contributed by atoms with Gasteiger partial charge in [-0.3, -0.25) is 9.35 Å². The lowest BCUT2D eigenvalue weighted by Gasteiger charge is -2.19. The predicted molar refractivity (Wildman–Crippen MR) is 59.9 cm³/mol. The number of nitrogens with two attached hydrogens (primary N) is 1. The SMILES string of the molecule is C=CC(N)=O.CCC(C)(C)CS(=O)(=O)O. The maximum atomic E-state index is 10.4. The quantitative estimate of drug-likeness (QED) is 0.562. The van der Waals surface area contributed by atoms with Crippen LogP contribution in [0.5, 0.6) is 0 Å². The summed E-state index contributed by atoms with van der Waals surface area (Å²) in [6, 6.07) is 0. The maximum absolute atomic E-state index is 10.4. The molecule has 0 aliphatic rings. The van der Waals surface area contributed by atoms with E-state index in [0.717, 1.165) is 12.5 Å². The standard InChI is InChI=1S/C6H14O3S.C3H5NO/c1-4-6(2,3)5-10(7,8)9;1-2-3(4)5/h4-5H2,1-3H3,(H,7,8,9);2H,1H2,(H2,4,5). The van der Waals surface area contributed by atoms with E-state index in [-0.39, 0.29) is 11.2 Å². The van der Waals surface area contributed by atoms with Crippen LogP contribution in [0.4, 0.5) is 0 Å². The summed E-state index contributed by atoms with van der Waals surface area (Å²) in [5.74, 6) is -0.638. The van der Waals surface area contributed by atoms with Gasteiger partial charge in [0.2, 0.25) is 5.91 Å². The molecule has 0 unspecified atom stereocenters. The third-order valence-electron chi connectivity index (χ3n) is 1.73. The van der Waals surface area contributed by atoms with Crippen LogP contribution in [0.3, 0.4) is 0 Å². The molecule has 90 valence electrons. The van der Waals surface area contributed by atoms with Gasteiger partial charge >= 0.3 is 0 Å². The van der Waals surface area contributed by atoms with Gasteiger partial charge in [0.25, 0.3) is 10.1 Å². The zero-order chi connectivity index (χ0) is 12.7. The number of carbonyl (C=O) groups excluding carboxylic acids is 1. The second kappa shape index (κ2) is 6.58. The van der Waals surface area contributed by atoms with Crippen molar-refractivity contribution < 1.29 is 17.8 Å². The minimum absolute atomic E-state index is 0.156. The van der Waals surface area contributed by atoms with Crippen LogP contribution < -0.4 is 5.73 Å². The molecular weight excluding hydrogens is 218 g/mol. The van der Waals surface area contributed by atoms with Gasteiger partial charge in [-0.15, -0.1) is 0 Å². The Morgan fingerprint density at radius 1 is 1.53 bits per heavy atom. The van der Waals surface area contributed by atoms with Gasteiger partial charge < -0.3 is 5.73 Å². The summed E-state index contributed by atoms with van der Waals surface area (Å²) in [6.45, 7) is 8.59. The van der Waals surface area contributed by atoms with Gasteiger partial charge in [-0.05, 0) is 17.9 Å². The van der Waals surface area contributed by atoms with Gasteiger partial charge in [-0.25, -0.2) is 0 Å². The summed E-state index contributed by atoms with van der Waals surface area (Å²) >= 11 is 0. The first-order valence-corrected chi connectivity index (χ1v) is 6.02. The summed E-state index contributed by atoms with van der Waals surface area (Å²) in [5, 5.41) is 0. The van der Waals surface area contributed by atoms with Gasteiger partial charge in [-0.1, -0.05) is 27.4 Å². The van der Waals surface area contributed by atoms with Gasteiger partial charge in [-0.2, -0.15) is 8.42 Å². The highest BCUT2D eigenvalue weighted by atomic mass is 32.2. The largest absolute Gasteiger partial charge is 0.366 e. The van der Waals surface area contributed by atoms with E-state index >= 15 is 0 Å². The first kappa shape index (κ1) is 16.5. The Hall–Kier alpha value is -0.880. The topological polar surface area (TPSA) is 97.5 Å². The molecule has 0 heterocycles. The van der Waals surface area contributed by atoms with Crippen molar-refractivity contribution in [3.05, 3.63) is 12.7 Å². The zero-order valence-electron chi connectivity index (χ0n) is 9.36. The van der Waals surface area contributed by atoms with Crippen LogP contribution in [0.25, 0.3) is 0 Å². The second-order valence-electron chi connectivity index (χ2n) is 3.85. The van der Waals surface area contributed by atoms with Crippen molar-refractivity contribution in [3.8, 4) is 0 Å². The van der Waals surface area contributed by atoms with Crippen molar-refractivity contribution in [1.82, 2.24) is 0 Å². The maximum Gasteiger partial charge on any atom is 0.265 e. The summed E-state index contributed by atoms with van der Waals surface area (Å²) < 4.78 is 29.2. The van der Waals surface area contributed by atoms with Crippen molar-refractivity contribution in [2.24, 2.45) is 11.1 Å². The van der Waals surface area contributed by atoms with Gasteiger partial charge in [0.05, 0.1) is 5.75 Å². The normalized spacial score (nSPS) is 11.2. The molecule has 0 fully saturated rings. The van der Waals surface area contributed by atoms with E-state index in [2.05, 4.69) is 12.3 Å². The van der Waals surface area contributed by atoms with E-state index in [1.165, 1.54) is 0 Å². The molecule has 0 bridgehead atoms. The second-order valence-corrected chi connectivity index (χ2v) is 5.30. The summed E-state index contributed by atoms with van der Waals surface area (Å²) in [5.41, 5.74) is 4.22. The van der Waals surface area contributed by atoms with Crippen molar-refractivity contribution >= 4 is 16.0 Å². The predicted octanol–water partition coefficient (Wildman–Crippen LogP) is 0.968. The van der Waals surface area contributed by atoms with Crippen LogP contribution in [-0.2, 0) is 14.9 Å². The molecule has 0 radical (unpaired) electrons. The molecule has 0 aliphatic carbocycles. The van der Waals surface area contributed by atoms with E-state index in [1.54, 1.807) is 13.8 Å². The van der Waals surface area contributed by atoms with E-state index in [1.807, 2.05) is 6.92 Å². The fraction of sp³-hybridized carbons (Fsp3) is 0.667. The van der Waals surface area contributed by atoms with Crippen LogP contribution in [0.1, 0.15) is 27.2 Å². The molecule has 0 aromatic carbocycles. The number of hydrogen-bond donors (Lipinski definition) is 2. The molecule has 0 saturated heterocycles. The van der Waals surface area contributed by atoms with Gasteiger partial charge in [0.1, 0.15) is 0 Å². The number of primary amides is 1. The van der Waals surface area contributed by atoms with Crippen LogP contribution in [0.15, 0.2) is 12.7 Å². The van der Waals surface area contributed by atoms with Crippen LogP contribution >= 0.6 is 0 Å². The van der Waals surface area contributed by atoms with Gasteiger partial charge in [0.15, 0.2) is 0 Å². The third kappa shape index (κ3) is 15.8. The number of hydrogen-bond acceptors (Lipinski definition) is 3. The van der Waals surface area contributed by atoms with Crippen LogP contribution in [-0.4, -0.2) is 24.6 Å². The Bertz CT molecular complexity index is 306. The average molecular weight is 237 g/mol. The Morgan fingerprint density at radius 2 is 1.87 bits per heavy atom. The summed E-state index contributed by atoms with van der Waals surface area (Å²) in [6.07, 6.45) is 1.80. The Balaban J connectivity index is 0. The molecule has 0 rings (SSSR count). The highest BCUT2D eigenvalue weighted by Crippen LogP contribution is 2.20. The lowest BCUT2D eigenvalue weighted by atomic mass is 9.93. The number of carbonyl (C=O) groups is 1. The molecule has 0 spiro atoms.